The van der Waals surface area contributed by atoms with Crippen LogP contribution in [-0.2, 0) is 13.0 Å². The fourth-order valence-corrected chi connectivity index (χ4v) is 3.23. The Morgan fingerprint density at radius 3 is 2.80 bits per heavy atom. The standard InChI is InChI=1S/C10H16N4S/c1-2-12-7-9-8(1)13-10(15-9)14-5-3-11-4-6-14/h11-12H,1-7H2. The molecule has 4 nitrogen and oxygen atoms in total. The Balaban J connectivity index is 1.82. The van der Waals surface area contributed by atoms with E-state index in [9.17, 15) is 0 Å². The zero-order chi connectivity index (χ0) is 10.1. The number of hydrogen-bond donors (Lipinski definition) is 2. The summed E-state index contributed by atoms with van der Waals surface area (Å²) in [6.45, 7) is 6.46. The number of aromatic nitrogens is 1. The molecule has 2 N–H and O–H groups in total. The van der Waals surface area contributed by atoms with Crippen LogP contribution in [0.25, 0.3) is 0 Å². The maximum Gasteiger partial charge on any atom is 0.185 e. The van der Waals surface area contributed by atoms with Gasteiger partial charge in [0, 0.05) is 50.6 Å². The molecular weight excluding hydrogens is 208 g/mol. The Morgan fingerprint density at radius 2 is 2.00 bits per heavy atom. The molecule has 0 aliphatic carbocycles. The number of anilines is 1. The van der Waals surface area contributed by atoms with Gasteiger partial charge < -0.3 is 15.5 Å². The molecule has 15 heavy (non-hydrogen) atoms. The van der Waals surface area contributed by atoms with Crippen molar-refractivity contribution in [2.75, 3.05) is 37.6 Å². The molecule has 2 aliphatic heterocycles. The van der Waals surface area contributed by atoms with Crippen molar-refractivity contribution in [2.45, 2.75) is 13.0 Å². The third-order valence-electron chi connectivity index (χ3n) is 2.98. The van der Waals surface area contributed by atoms with E-state index in [-0.39, 0.29) is 0 Å². The summed E-state index contributed by atoms with van der Waals surface area (Å²) in [5.74, 6) is 0. The highest BCUT2D eigenvalue weighted by molar-refractivity contribution is 7.15. The third kappa shape index (κ3) is 1.87. The number of nitrogens with one attached hydrogen (secondary N) is 2. The normalized spacial score (nSPS) is 21.5. The summed E-state index contributed by atoms with van der Waals surface area (Å²) in [6.07, 6.45) is 1.10. The van der Waals surface area contributed by atoms with Gasteiger partial charge in [-0.25, -0.2) is 4.98 Å². The summed E-state index contributed by atoms with van der Waals surface area (Å²) < 4.78 is 0. The van der Waals surface area contributed by atoms with Crippen LogP contribution >= 0.6 is 11.3 Å². The monoisotopic (exact) mass is 224 g/mol. The van der Waals surface area contributed by atoms with Crippen molar-refractivity contribution in [2.24, 2.45) is 0 Å². The Labute approximate surface area is 93.7 Å². The molecule has 1 aromatic heterocycles. The van der Waals surface area contributed by atoms with E-state index in [2.05, 4.69) is 15.5 Å². The summed E-state index contributed by atoms with van der Waals surface area (Å²) in [4.78, 5) is 8.59. The molecule has 3 rings (SSSR count). The van der Waals surface area contributed by atoms with Crippen LogP contribution in [0, 0.1) is 0 Å². The first-order chi connectivity index (χ1) is 7.43. The smallest absolute Gasteiger partial charge is 0.185 e. The third-order valence-corrected chi connectivity index (χ3v) is 4.14. The number of fused-ring (bicyclic) bond motifs is 1. The molecule has 3 heterocycles. The van der Waals surface area contributed by atoms with Crippen LogP contribution in [0.2, 0.25) is 0 Å². The van der Waals surface area contributed by atoms with Crippen LogP contribution < -0.4 is 15.5 Å². The average Bonchev–Trinajstić information content (AvgIpc) is 2.74. The molecule has 5 heteroatoms. The van der Waals surface area contributed by atoms with Gasteiger partial charge in [-0.3, -0.25) is 0 Å². The lowest BCUT2D eigenvalue weighted by Gasteiger charge is -2.26. The summed E-state index contributed by atoms with van der Waals surface area (Å²) >= 11 is 1.87. The van der Waals surface area contributed by atoms with E-state index in [1.807, 2.05) is 11.3 Å². The summed E-state index contributed by atoms with van der Waals surface area (Å²) in [5, 5.41) is 7.99. The molecule has 0 bridgehead atoms. The first-order valence-corrected chi connectivity index (χ1v) is 6.40. The molecule has 0 radical (unpaired) electrons. The first-order valence-electron chi connectivity index (χ1n) is 5.58. The van der Waals surface area contributed by atoms with Gasteiger partial charge in [-0.1, -0.05) is 0 Å². The van der Waals surface area contributed by atoms with Gasteiger partial charge in [0.15, 0.2) is 5.13 Å². The minimum Gasteiger partial charge on any atom is -0.346 e. The molecule has 1 aromatic rings. The highest BCUT2D eigenvalue weighted by Gasteiger charge is 2.19. The van der Waals surface area contributed by atoms with E-state index in [4.69, 9.17) is 4.98 Å². The van der Waals surface area contributed by atoms with Crippen LogP contribution in [0.3, 0.4) is 0 Å². The molecule has 0 atom stereocenters. The van der Waals surface area contributed by atoms with Crippen LogP contribution in [0.5, 0.6) is 0 Å². The molecule has 0 amide bonds. The van der Waals surface area contributed by atoms with E-state index in [1.54, 1.807) is 0 Å². The van der Waals surface area contributed by atoms with Gasteiger partial charge in [0.05, 0.1) is 5.69 Å². The lowest BCUT2D eigenvalue weighted by molar-refractivity contribution is 0.587. The van der Waals surface area contributed by atoms with Crippen molar-refractivity contribution in [1.29, 1.82) is 0 Å². The first kappa shape index (κ1) is 9.57. The quantitative estimate of drug-likeness (QED) is 0.715. The largest absolute Gasteiger partial charge is 0.346 e. The van der Waals surface area contributed by atoms with E-state index in [0.717, 1.165) is 45.7 Å². The summed E-state index contributed by atoms with van der Waals surface area (Å²) in [6, 6.07) is 0. The minimum atomic E-state index is 1.01. The van der Waals surface area contributed by atoms with Crippen LogP contribution in [0.1, 0.15) is 10.6 Å². The Hall–Kier alpha value is -0.650. The van der Waals surface area contributed by atoms with Gasteiger partial charge in [0.25, 0.3) is 0 Å². The lowest BCUT2D eigenvalue weighted by Crippen LogP contribution is -2.43. The van der Waals surface area contributed by atoms with Gasteiger partial charge in [0.1, 0.15) is 0 Å². The van der Waals surface area contributed by atoms with Crippen molar-refractivity contribution in [3.63, 3.8) is 0 Å². The number of nitrogens with zero attached hydrogens (tertiary/aromatic N) is 2. The van der Waals surface area contributed by atoms with Gasteiger partial charge in [-0.05, 0) is 0 Å². The van der Waals surface area contributed by atoms with Crippen LogP contribution in [0.15, 0.2) is 0 Å². The molecule has 0 saturated carbocycles. The van der Waals surface area contributed by atoms with Crippen molar-refractivity contribution in [3.8, 4) is 0 Å². The Morgan fingerprint density at radius 1 is 1.13 bits per heavy atom. The molecule has 0 aromatic carbocycles. The van der Waals surface area contributed by atoms with Gasteiger partial charge in [-0.15, -0.1) is 11.3 Å². The van der Waals surface area contributed by atoms with Crippen LogP contribution in [-0.4, -0.2) is 37.7 Å². The minimum absolute atomic E-state index is 1.01. The number of piperazine rings is 1. The highest BCUT2D eigenvalue weighted by Crippen LogP contribution is 2.28. The molecule has 1 fully saturated rings. The van der Waals surface area contributed by atoms with Crippen molar-refractivity contribution >= 4 is 16.5 Å². The van der Waals surface area contributed by atoms with E-state index in [1.165, 1.54) is 15.7 Å². The number of thiazole rings is 1. The van der Waals surface area contributed by atoms with Crippen molar-refractivity contribution < 1.29 is 0 Å². The van der Waals surface area contributed by atoms with Gasteiger partial charge >= 0.3 is 0 Å². The zero-order valence-corrected chi connectivity index (χ0v) is 9.57. The molecule has 1 saturated heterocycles. The van der Waals surface area contributed by atoms with E-state index < -0.39 is 0 Å². The predicted octanol–water partition coefficient (Wildman–Crippen LogP) is 0.198. The molecular formula is C10H16N4S. The Kier molecular flexibility index (Phi) is 2.60. The second kappa shape index (κ2) is 4.08. The predicted molar refractivity (Wildman–Crippen MR) is 62.6 cm³/mol. The topological polar surface area (TPSA) is 40.2 Å². The van der Waals surface area contributed by atoms with Gasteiger partial charge in [-0.2, -0.15) is 0 Å². The fourth-order valence-electron chi connectivity index (χ4n) is 2.10. The number of hydrogen-bond acceptors (Lipinski definition) is 5. The van der Waals surface area contributed by atoms with Crippen molar-refractivity contribution in [1.82, 2.24) is 15.6 Å². The fraction of sp³-hybridized carbons (Fsp3) is 0.700. The summed E-state index contributed by atoms with van der Waals surface area (Å²) in [5.41, 5.74) is 1.33. The molecule has 2 aliphatic rings. The van der Waals surface area contributed by atoms with Crippen molar-refractivity contribution in [3.05, 3.63) is 10.6 Å². The Bertz CT molecular complexity index is 320. The lowest BCUT2D eigenvalue weighted by atomic mass is 10.2. The van der Waals surface area contributed by atoms with Gasteiger partial charge in [0.2, 0.25) is 0 Å². The maximum atomic E-state index is 4.75. The number of rotatable bonds is 1. The molecule has 0 unspecified atom stereocenters. The highest BCUT2D eigenvalue weighted by atomic mass is 32.1. The average molecular weight is 224 g/mol. The zero-order valence-electron chi connectivity index (χ0n) is 8.75. The second-order valence-corrected chi connectivity index (χ2v) is 5.09. The maximum absolute atomic E-state index is 4.75. The van der Waals surface area contributed by atoms with Crippen LogP contribution in [0.4, 0.5) is 5.13 Å². The second-order valence-electron chi connectivity index (χ2n) is 4.03. The van der Waals surface area contributed by atoms with E-state index >= 15 is 0 Å². The molecule has 82 valence electrons. The SMILES string of the molecule is C1CN(c2nc3c(s2)CNCC3)CCN1. The summed E-state index contributed by atoms with van der Waals surface area (Å²) in [7, 11) is 0. The van der Waals surface area contributed by atoms with E-state index in [0.29, 0.717) is 0 Å². The molecule has 0 spiro atoms.